The van der Waals surface area contributed by atoms with Gasteiger partial charge in [0.2, 0.25) is 0 Å². The lowest BCUT2D eigenvalue weighted by molar-refractivity contribution is -0.262. The number of hydrogen-bond acceptors (Lipinski definition) is 6. The van der Waals surface area contributed by atoms with E-state index in [4.69, 9.17) is 28.4 Å². The summed E-state index contributed by atoms with van der Waals surface area (Å²) in [5.41, 5.74) is 3.36. The molecule has 3 aromatic carbocycles. The molecular weight excluding hydrogens is 492 g/mol. The quantitative estimate of drug-likeness (QED) is 0.288. The fourth-order valence-corrected chi connectivity index (χ4v) is 5.41. The first-order chi connectivity index (χ1) is 19.1. The largest absolute Gasteiger partial charge is 0.374 e. The summed E-state index contributed by atoms with van der Waals surface area (Å²) in [6.07, 6.45) is -0.364. The Balaban J connectivity index is 1.36. The summed E-state index contributed by atoms with van der Waals surface area (Å²) in [4.78, 5) is 0. The van der Waals surface area contributed by atoms with Crippen LogP contribution in [0.15, 0.2) is 91.0 Å². The van der Waals surface area contributed by atoms with Crippen molar-refractivity contribution in [1.82, 2.24) is 0 Å². The molecule has 2 aliphatic heterocycles. The Bertz CT molecular complexity index is 1100. The maximum absolute atomic E-state index is 6.76. The zero-order valence-corrected chi connectivity index (χ0v) is 22.9. The number of benzene rings is 3. The fourth-order valence-electron chi connectivity index (χ4n) is 5.41. The van der Waals surface area contributed by atoms with Crippen molar-refractivity contribution in [3.05, 3.63) is 108 Å². The van der Waals surface area contributed by atoms with Crippen LogP contribution in [0.2, 0.25) is 0 Å². The molecule has 5 atom stereocenters. The standard InChI is InChI=1S/C33H40O6/c1-25-29(20-33(2)37-18-19-38-33)39-30(24-34-21-26-12-6-3-7-13-26)32(36-23-28-16-10-5-11-17-28)31(25)35-22-27-14-8-4-9-15-27/h3-17,25,29-32H,18-24H2,1-2H3/t25-,29-,30+,31+,32+/m0/s1. The summed E-state index contributed by atoms with van der Waals surface area (Å²) in [6.45, 7) is 7.22. The van der Waals surface area contributed by atoms with E-state index < -0.39 is 5.79 Å². The Morgan fingerprint density at radius 1 is 0.667 bits per heavy atom. The second kappa shape index (κ2) is 13.7. The third-order valence-corrected chi connectivity index (χ3v) is 7.58. The van der Waals surface area contributed by atoms with E-state index in [2.05, 4.69) is 43.3 Å². The molecule has 3 aromatic rings. The van der Waals surface area contributed by atoms with Gasteiger partial charge in [0.1, 0.15) is 12.2 Å². The van der Waals surface area contributed by atoms with Gasteiger partial charge in [-0.15, -0.1) is 0 Å². The van der Waals surface area contributed by atoms with Gasteiger partial charge in [0.25, 0.3) is 0 Å². The minimum atomic E-state index is -0.671. The summed E-state index contributed by atoms with van der Waals surface area (Å²) in [7, 11) is 0. The lowest BCUT2D eigenvalue weighted by Crippen LogP contribution is -2.58. The molecule has 0 bridgehead atoms. The monoisotopic (exact) mass is 532 g/mol. The number of rotatable bonds is 12. The van der Waals surface area contributed by atoms with Gasteiger partial charge in [-0.1, -0.05) is 97.9 Å². The molecular formula is C33H40O6. The smallest absolute Gasteiger partial charge is 0.168 e. The molecule has 2 heterocycles. The second-order valence-corrected chi connectivity index (χ2v) is 10.6. The Labute approximate surface area is 232 Å². The molecule has 2 fully saturated rings. The van der Waals surface area contributed by atoms with Crippen LogP contribution in [0.5, 0.6) is 0 Å². The molecule has 2 aliphatic rings. The highest BCUT2D eigenvalue weighted by Crippen LogP contribution is 2.37. The molecule has 0 amide bonds. The van der Waals surface area contributed by atoms with Gasteiger partial charge in [0.15, 0.2) is 5.79 Å². The number of ether oxygens (including phenoxy) is 6. The van der Waals surface area contributed by atoms with Crippen molar-refractivity contribution in [1.29, 1.82) is 0 Å². The van der Waals surface area contributed by atoms with Gasteiger partial charge in [-0.2, -0.15) is 0 Å². The van der Waals surface area contributed by atoms with Crippen LogP contribution in [0.4, 0.5) is 0 Å². The topological polar surface area (TPSA) is 55.4 Å². The normalized spacial score (nSPS) is 26.5. The zero-order chi connectivity index (χ0) is 26.9. The zero-order valence-electron chi connectivity index (χ0n) is 22.9. The highest BCUT2D eigenvalue weighted by molar-refractivity contribution is 5.15. The maximum atomic E-state index is 6.76. The van der Waals surface area contributed by atoms with E-state index in [1.165, 1.54) is 0 Å². The average molecular weight is 533 g/mol. The van der Waals surface area contributed by atoms with Crippen molar-refractivity contribution < 1.29 is 28.4 Å². The van der Waals surface area contributed by atoms with Crippen LogP contribution in [0, 0.1) is 5.92 Å². The van der Waals surface area contributed by atoms with E-state index in [1.54, 1.807) is 0 Å². The molecule has 0 N–H and O–H groups in total. The average Bonchev–Trinajstić information content (AvgIpc) is 3.40. The Morgan fingerprint density at radius 2 is 1.15 bits per heavy atom. The molecule has 0 aromatic heterocycles. The first-order valence-electron chi connectivity index (χ1n) is 14.0. The van der Waals surface area contributed by atoms with Crippen LogP contribution in [0.1, 0.15) is 37.0 Å². The van der Waals surface area contributed by atoms with Crippen molar-refractivity contribution in [3.8, 4) is 0 Å². The maximum Gasteiger partial charge on any atom is 0.168 e. The molecule has 39 heavy (non-hydrogen) atoms. The molecule has 5 rings (SSSR count). The van der Waals surface area contributed by atoms with E-state index in [-0.39, 0.29) is 30.3 Å². The molecule has 0 unspecified atom stereocenters. The minimum Gasteiger partial charge on any atom is -0.374 e. The molecule has 0 saturated carbocycles. The highest BCUT2D eigenvalue weighted by Gasteiger charge is 2.48. The van der Waals surface area contributed by atoms with Crippen LogP contribution in [-0.4, -0.2) is 50.0 Å². The second-order valence-electron chi connectivity index (χ2n) is 10.6. The van der Waals surface area contributed by atoms with Crippen molar-refractivity contribution in [2.75, 3.05) is 19.8 Å². The minimum absolute atomic E-state index is 0.0458. The first-order valence-corrected chi connectivity index (χ1v) is 14.0. The molecule has 6 nitrogen and oxygen atoms in total. The van der Waals surface area contributed by atoms with E-state index >= 15 is 0 Å². The van der Waals surface area contributed by atoms with Crippen molar-refractivity contribution in [3.63, 3.8) is 0 Å². The van der Waals surface area contributed by atoms with Gasteiger partial charge in [-0.25, -0.2) is 0 Å². The number of hydrogen-bond donors (Lipinski definition) is 0. The molecule has 0 aliphatic carbocycles. The Hall–Kier alpha value is -2.58. The summed E-state index contributed by atoms with van der Waals surface area (Å²) < 4.78 is 38.1. The molecule has 208 valence electrons. The third-order valence-electron chi connectivity index (χ3n) is 7.58. The molecule has 0 radical (unpaired) electrons. The molecule has 6 heteroatoms. The molecule has 2 saturated heterocycles. The van der Waals surface area contributed by atoms with Crippen molar-refractivity contribution in [2.45, 2.75) is 70.3 Å². The van der Waals surface area contributed by atoms with Gasteiger partial charge >= 0.3 is 0 Å². The van der Waals surface area contributed by atoms with E-state index in [0.717, 1.165) is 16.7 Å². The van der Waals surface area contributed by atoms with Crippen LogP contribution in [0.25, 0.3) is 0 Å². The van der Waals surface area contributed by atoms with Crippen molar-refractivity contribution in [2.24, 2.45) is 5.92 Å². The SMILES string of the molecule is C[C@@H]1[C@@H](OCc2ccccc2)[C@H](OCc2ccccc2)[C@@H](COCc2ccccc2)O[C@H]1CC1(C)OCCO1. The summed E-state index contributed by atoms with van der Waals surface area (Å²) >= 11 is 0. The third kappa shape index (κ3) is 7.76. The van der Waals surface area contributed by atoms with Gasteiger partial charge in [0, 0.05) is 12.3 Å². The predicted octanol–water partition coefficient (Wildman–Crippen LogP) is 5.93. The Morgan fingerprint density at radius 3 is 1.69 bits per heavy atom. The lowest BCUT2D eigenvalue weighted by Gasteiger charge is -2.47. The van der Waals surface area contributed by atoms with Crippen LogP contribution in [-0.2, 0) is 48.2 Å². The van der Waals surface area contributed by atoms with E-state index in [1.807, 2.05) is 61.5 Å². The summed E-state index contributed by atoms with van der Waals surface area (Å²) in [6, 6.07) is 30.7. The van der Waals surface area contributed by atoms with Crippen LogP contribution >= 0.6 is 0 Å². The predicted molar refractivity (Wildman–Crippen MR) is 149 cm³/mol. The highest BCUT2D eigenvalue weighted by atomic mass is 16.7. The fraction of sp³-hybridized carbons (Fsp3) is 0.455. The van der Waals surface area contributed by atoms with Gasteiger partial charge in [-0.05, 0) is 23.6 Å². The lowest BCUT2D eigenvalue weighted by atomic mass is 9.84. The summed E-state index contributed by atoms with van der Waals surface area (Å²) in [5.74, 6) is -0.625. The van der Waals surface area contributed by atoms with E-state index in [9.17, 15) is 0 Å². The van der Waals surface area contributed by atoms with Crippen molar-refractivity contribution >= 4 is 0 Å². The van der Waals surface area contributed by atoms with E-state index in [0.29, 0.717) is 46.1 Å². The van der Waals surface area contributed by atoms with Gasteiger partial charge < -0.3 is 28.4 Å². The molecule has 0 spiro atoms. The Kier molecular flexibility index (Phi) is 9.80. The van der Waals surface area contributed by atoms with Crippen LogP contribution < -0.4 is 0 Å². The summed E-state index contributed by atoms with van der Waals surface area (Å²) in [5, 5.41) is 0. The van der Waals surface area contributed by atoms with Gasteiger partial charge in [-0.3, -0.25) is 0 Å². The van der Waals surface area contributed by atoms with Crippen LogP contribution in [0.3, 0.4) is 0 Å². The first kappa shape index (κ1) is 28.0. The van der Waals surface area contributed by atoms with Gasteiger partial charge in [0.05, 0.1) is 51.8 Å².